The first-order valence-electron chi connectivity index (χ1n) is 4.90. The molecule has 1 aromatic heterocycles. The number of aromatic nitrogens is 1. The summed E-state index contributed by atoms with van der Waals surface area (Å²) in [6.45, 7) is 2.32. The van der Waals surface area contributed by atoms with E-state index in [4.69, 9.17) is 5.11 Å². The van der Waals surface area contributed by atoms with Gasteiger partial charge in [0.1, 0.15) is 5.69 Å². The molecule has 15 heavy (non-hydrogen) atoms. The highest BCUT2D eigenvalue weighted by atomic mass is 79.9. The van der Waals surface area contributed by atoms with Gasteiger partial charge in [0.2, 0.25) is 0 Å². The number of H-pyrrole nitrogens is 1. The van der Waals surface area contributed by atoms with Gasteiger partial charge < -0.3 is 15.4 Å². The van der Waals surface area contributed by atoms with Gasteiger partial charge in [-0.25, -0.2) is 0 Å². The van der Waals surface area contributed by atoms with E-state index < -0.39 is 0 Å². The molecule has 0 saturated heterocycles. The van der Waals surface area contributed by atoms with Crippen LogP contribution in [0.4, 0.5) is 0 Å². The van der Waals surface area contributed by atoms with Crippen LogP contribution in [-0.4, -0.2) is 28.6 Å². The van der Waals surface area contributed by atoms with E-state index in [0.29, 0.717) is 18.7 Å². The molecule has 0 aliphatic rings. The predicted octanol–water partition coefficient (Wildman–Crippen LogP) is 1.67. The summed E-state index contributed by atoms with van der Waals surface area (Å²) >= 11 is 3.26. The molecule has 5 heteroatoms. The number of amides is 1. The van der Waals surface area contributed by atoms with Crippen LogP contribution >= 0.6 is 15.9 Å². The molecule has 0 spiro atoms. The van der Waals surface area contributed by atoms with Gasteiger partial charge in [0.15, 0.2) is 0 Å². The van der Waals surface area contributed by atoms with E-state index in [9.17, 15) is 4.79 Å². The Morgan fingerprint density at radius 1 is 1.73 bits per heavy atom. The van der Waals surface area contributed by atoms with Crippen molar-refractivity contribution >= 4 is 21.8 Å². The summed E-state index contributed by atoms with van der Waals surface area (Å²) < 4.78 is 0.858. The van der Waals surface area contributed by atoms with Gasteiger partial charge in [0, 0.05) is 17.2 Å². The summed E-state index contributed by atoms with van der Waals surface area (Å²) in [5.41, 5.74) is 0.541. The van der Waals surface area contributed by atoms with Gasteiger partial charge in [-0.2, -0.15) is 0 Å². The lowest BCUT2D eigenvalue weighted by molar-refractivity contribution is 0.0945. The molecule has 1 aromatic rings. The van der Waals surface area contributed by atoms with Crippen molar-refractivity contribution in [2.24, 2.45) is 0 Å². The van der Waals surface area contributed by atoms with E-state index in [1.54, 1.807) is 19.2 Å². The fraction of sp³-hybridized carbons (Fsp3) is 0.500. The van der Waals surface area contributed by atoms with Crippen LogP contribution in [0.1, 0.15) is 30.3 Å². The first-order chi connectivity index (χ1) is 7.09. The van der Waals surface area contributed by atoms with Crippen LogP contribution in [0, 0.1) is 0 Å². The van der Waals surface area contributed by atoms with E-state index in [1.165, 1.54) is 0 Å². The van der Waals surface area contributed by atoms with Crippen molar-refractivity contribution in [2.75, 3.05) is 6.54 Å². The zero-order chi connectivity index (χ0) is 11.3. The highest BCUT2D eigenvalue weighted by Gasteiger charge is 2.06. The van der Waals surface area contributed by atoms with Crippen LogP contribution in [0.25, 0.3) is 0 Å². The van der Waals surface area contributed by atoms with E-state index >= 15 is 0 Å². The lowest BCUT2D eigenvalue weighted by Crippen LogP contribution is -2.25. The molecule has 0 aromatic carbocycles. The Morgan fingerprint density at radius 3 is 3.00 bits per heavy atom. The molecule has 1 unspecified atom stereocenters. The number of halogens is 1. The van der Waals surface area contributed by atoms with Gasteiger partial charge in [-0.15, -0.1) is 0 Å². The minimum atomic E-state index is -0.304. The number of nitrogens with one attached hydrogen (secondary N) is 2. The Hall–Kier alpha value is -0.810. The van der Waals surface area contributed by atoms with Crippen molar-refractivity contribution < 1.29 is 9.90 Å². The third kappa shape index (κ3) is 4.48. The third-order valence-corrected chi connectivity index (χ3v) is 2.43. The molecule has 0 saturated carbocycles. The number of aromatic amines is 1. The second-order valence-corrected chi connectivity index (χ2v) is 4.39. The molecule has 1 rings (SSSR count). The van der Waals surface area contributed by atoms with Gasteiger partial charge >= 0.3 is 0 Å². The van der Waals surface area contributed by atoms with Gasteiger partial charge in [-0.3, -0.25) is 4.79 Å². The molecule has 4 nitrogen and oxygen atoms in total. The quantitative estimate of drug-likeness (QED) is 0.716. The lowest BCUT2D eigenvalue weighted by Gasteiger charge is -2.05. The third-order valence-electron chi connectivity index (χ3n) is 1.98. The summed E-state index contributed by atoms with van der Waals surface area (Å²) in [5, 5.41) is 11.8. The largest absolute Gasteiger partial charge is 0.393 e. The van der Waals surface area contributed by atoms with Crippen molar-refractivity contribution in [1.82, 2.24) is 10.3 Å². The summed E-state index contributed by atoms with van der Waals surface area (Å²) in [5.74, 6) is -0.119. The smallest absolute Gasteiger partial charge is 0.267 e. The summed E-state index contributed by atoms with van der Waals surface area (Å²) in [4.78, 5) is 14.3. The zero-order valence-corrected chi connectivity index (χ0v) is 10.2. The standard InChI is InChI=1S/C10H15BrN2O2/c1-7(14)3-2-4-12-10(15)9-5-8(11)6-13-9/h5-7,13-14H,2-4H2,1H3,(H,12,15). The van der Waals surface area contributed by atoms with Gasteiger partial charge in [-0.1, -0.05) is 0 Å². The van der Waals surface area contributed by atoms with Crippen molar-refractivity contribution in [2.45, 2.75) is 25.9 Å². The minimum absolute atomic E-state index is 0.119. The summed E-state index contributed by atoms with van der Waals surface area (Å²) in [6, 6.07) is 1.73. The molecule has 84 valence electrons. The first kappa shape index (κ1) is 12.3. The van der Waals surface area contributed by atoms with Crippen molar-refractivity contribution in [1.29, 1.82) is 0 Å². The van der Waals surface area contributed by atoms with Crippen LogP contribution in [0.3, 0.4) is 0 Å². The molecule has 0 radical (unpaired) electrons. The first-order valence-corrected chi connectivity index (χ1v) is 5.69. The maximum Gasteiger partial charge on any atom is 0.267 e. The van der Waals surface area contributed by atoms with E-state index in [-0.39, 0.29) is 12.0 Å². The van der Waals surface area contributed by atoms with Gasteiger partial charge in [0.05, 0.1) is 6.10 Å². The van der Waals surface area contributed by atoms with Crippen LogP contribution < -0.4 is 5.32 Å². The van der Waals surface area contributed by atoms with Crippen LogP contribution in [-0.2, 0) is 0 Å². The Kier molecular flexibility index (Phi) is 4.84. The van der Waals surface area contributed by atoms with Crippen LogP contribution in [0.5, 0.6) is 0 Å². The molecule has 1 heterocycles. The number of carbonyl (C=O) groups is 1. The highest BCUT2D eigenvalue weighted by molar-refractivity contribution is 9.10. The fourth-order valence-electron chi connectivity index (χ4n) is 1.19. The van der Waals surface area contributed by atoms with Crippen molar-refractivity contribution in [3.8, 4) is 0 Å². The van der Waals surface area contributed by atoms with Crippen LogP contribution in [0.15, 0.2) is 16.7 Å². The number of rotatable bonds is 5. The van der Waals surface area contributed by atoms with E-state index in [1.807, 2.05) is 0 Å². The number of hydrogen-bond donors (Lipinski definition) is 3. The SMILES string of the molecule is CC(O)CCCNC(=O)c1cc(Br)c[nH]1. The normalized spacial score (nSPS) is 12.5. The summed E-state index contributed by atoms with van der Waals surface area (Å²) in [7, 11) is 0. The molecule has 1 amide bonds. The number of carbonyl (C=O) groups excluding carboxylic acids is 1. The molecule has 0 aliphatic carbocycles. The minimum Gasteiger partial charge on any atom is -0.393 e. The maximum atomic E-state index is 11.5. The average molecular weight is 275 g/mol. The summed E-state index contributed by atoms with van der Waals surface area (Å²) in [6.07, 6.45) is 2.89. The lowest BCUT2D eigenvalue weighted by atomic mass is 10.2. The molecular formula is C10H15BrN2O2. The Bertz CT molecular complexity index is 323. The predicted molar refractivity (Wildman–Crippen MR) is 61.7 cm³/mol. The van der Waals surface area contributed by atoms with Gasteiger partial charge in [-0.05, 0) is 41.8 Å². The molecule has 3 N–H and O–H groups in total. The second-order valence-electron chi connectivity index (χ2n) is 3.48. The topological polar surface area (TPSA) is 65.1 Å². The molecule has 0 bridgehead atoms. The fourth-order valence-corrected chi connectivity index (χ4v) is 1.54. The Labute approximate surface area is 97.2 Å². The number of aliphatic hydroxyl groups is 1. The number of aliphatic hydroxyl groups excluding tert-OH is 1. The van der Waals surface area contributed by atoms with Crippen molar-refractivity contribution in [3.05, 3.63) is 22.4 Å². The van der Waals surface area contributed by atoms with Crippen LogP contribution in [0.2, 0.25) is 0 Å². The van der Waals surface area contributed by atoms with E-state index in [2.05, 4.69) is 26.2 Å². The average Bonchev–Trinajstić information content (AvgIpc) is 2.59. The zero-order valence-electron chi connectivity index (χ0n) is 8.59. The van der Waals surface area contributed by atoms with Crippen molar-refractivity contribution in [3.63, 3.8) is 0 Å². The monoisotopic (exact) mass is 274 g/mol. The Morgan fingerprint density at radius 2 is 2.47 bits per heavy atom. The second kappa shape index (κ2) is 5.92. The van der Waals surface area contributed by atoms with E-state index in [0.717, 1.165) is 10.9 Å². The number of hydrogen-bond acceptors (Lipinski definition) is 2. The molecule has 0 fully saturated rings. The molecule has 0 aliphatic heterocycles. The molecular weight excluding hydrogens is 260 g/mol. The highest BCUT2D eigenvalue weighted by Crippen LogP contribution is 2.10. The Balaban J connectivity index is 2.25. The molecule has 1 atom stereocenters. The maximum absolute atomic E-state index is 11.5. The van der Waals surface area contributed by atoms with Gasteiger partial charge in [0.25, 0.3) is 5.91 Å².